The van der Waals surface area contributed by atoms with Crippen molar-refractivity contribution in [3.63, 3.8) is 0 Å². The van der Waals surface area contributed by atoms with Gasteiger partial charge < -0.3 is 9.47 Å². The van der Waals surface area contributed by atoms with Crippen LogP contribution in [0.3, 0.4) is 0 Å². The number of benzene rings is 1. The van der Waals surface area contributed by atoms with Gasteiger partial charge in [0.1, 0.15) is 12.4 Å². The monoisotopic (exact) mass is 305 g/mol. The first kappa shape index (κ1) is 17.2. The molecule has 0 radical (unpaired) electrons. The van der Waals surface area contributed by atoms with E-state index in [1.165, 1.54) is 25.1 Å². The molecule has 0 saturated heterocycles. The molecule has 0 heterocycles. The molecular formula is C15H15NO6. The van der Waals surface area contributed by atoms with E-state index in [0.29, 0.717) is 5.56 Å². The second-order valence-corrected chi connectivity index (χ2v) is 4.25. The zero-order chi connectivity index (χ0) is 16.5. The Labute approximate surface area is 127 Å². The van der Waals surface area contributed by atoms with Crippen molar-refractivity contribution in [1.29, 1.82) is 0 Å². The minimum Gasteiger partial charge on any atom is -0.435 e. The highest BCUT2D eigenvalue weighted by molar-refractivity contribution is 5.78. The van der Waals surface area contributed by atoms with Gasteiger partial charge in [-0.3, -0.25) is 14.9 Å². The molecule has 0 saturated carbocycles. The maximum atomic E-state index is 11.1. The molecule has 7 nitrogen and oxygen atoms in total. The quantitative estimate of drug-likeness (QED) is 0.359. The summed E-state index contributed by atoms with van der Waals surface area (Å²) in [5, 5.41) is 11.0. The first-order chi connectivity index (χ1) is 10.4. The molecule has 7 heteroatoms. The normalized spacial score (nSPS) is 9.36. The third-order valence-corrected chi connectivity index (χ3v) is 2.45. The Hall–Kier alpha value is -2.88. The summed E-state index contributed by atoms with van der Waals surface area (Å²) in [7, 11) is 0. The first-order valence-corrected chi connectivity index (χ1v) is 6.49. The average molecular weight is 305 g/mol. The lowest BCUT2D eigenvalue weighted by molar-refractivity contribution is -0.385. The molecule has 0 amide bonds. The van der Waals surface area contributed by atoms with Crippen molar-refractivity contribution in [2.45, 2.75) is 26.9 Å². The summed E-state index contributed by atoms with van der Waals surface area (Å²) in [4.78, 5) is 32.4. The van der Waals surface area contributed by atoms with Crippen LogP contribution in [-0.4, -0.2) is 23.5 Å². The summed E-state index contributed by atoms with van der Waals surface area (Å²) in [6.45, 7) is 2.90. The van der Waals surface area contributed by atoms with Crippen LogP contribution in [0.4, 0.5) is 10.5 Å². The third-order valence-electron chi connectivity index (χ3n) is 2.45. The van der Waals surface area contributed by atoms with Crippen molar-refractivity contribution in [2.75, 3.05) is 6.61 Å². The number of nitro benzene ring substituents is 1. The van der Waals surface area contributed by atoms with Gasteiger partial charge in [0.25, 0.3) is 5.69 Å². The summed E-state index contributed by atoms with van der Waals surface area (Å²) < 4.78 is 9.38. The van der Waals surface area contributed by atoms with E-state index in [-0.39, 0.29) is 36.7 Å². The maximum absolute atomic E-state index is 11.1. The molecule has 0 unspecified atom stereocenters. The Morgan fingerprint density at radius 1 is 1.32 bits per heavy atom. The number of carbonyl (C=O) groups is 2. The Morgan fingerprint density at radius 2 is 2.05 bits per heavy atom. The van der Waals surface area contributed by atoms with Crippen molar-refractivity contribution in [2.24, 2.45) is 0 Å². The molecule has 116 valence electrons. The smallest absolute Gasteiger partial charge is 0.435 e. The van der Waals surface area contributed by atoms with E-state index in [2.05, 4.69) is 16.6 Å². The van der Waals surface area contributed by atoms with Crippen LogP contribution in [0.2, 0.25) is 0 Å². The number of hydrogen-bond donors (Lipinski definition) is 0. The van der Waals surface area contributed by atoms with E-state index < -0.39 is 11.1 Å². The lowest BCUT2D eigenvalue weighted by atomic mass is 10.1. The lowest BCUT2D eigenvalue weighted by Gasteiger charge is -2.06. The number of ketones is 1. The van der Waals surface area contributed by atoms with Crippen LogP contribution in [0.25, 0.3) is 0 Å². The van der Waals surface area contributed by atoms with Crippen LogP contribution in [0.1, 0.15) is 31.4 Å². The van der Waals surface area contributed by atoms with Gasteiger partial charge in [-0.05, 0) is 26.0 Å². The van der Waals surface area contributed by atoms with Crippen molar-refractivity contribution in [3.05, 3.63) is 39.4 Å². The van der Waals surface area contributed by atoms with Gasteiger partial charge in [-0.2, -0.15) is 0 Å². The van der Waals surface area contributed by atoms with Crippen LogP contribution in [-0.2, 0) is 20.9 Å². The Morgan fingerprint density at radius 3 is 2.64 bits per heavy atom. The van der Waals surface area contributed by atoms with Gasteiger partial charge in [0.05, 0.1) is 23.5 Å². The molecule has 0 spiro atoms. The molecule has 0 atom stereocenters. The Bertz CT molecular complexity index is 641. The van der Waals surface area contributed by atoms with Gasteiger partial charge in [-0.15, -0.1) is 0 Å². The molecule has 0 aromatic heterocycles. The molecule has 0 fully saturated rings. The summed E-state index contributed by atoms with van der Waals surface area (Å²) in [6.07, 6.45) is -0.795. The largest absolute Gasteiger partial charge is 0.508 e. The molecular weight excluding hydrogens is 290 g/mol. The van der Waals surface area contributed by atoms with Crippen molar-refractivity contribution < 1.29 is 24.0 Å². The lowest BCUT2D eigenvalue weighted by Crippen LogP contribution is -2.08. The molecule has 0 aliphatic heterocycles. The maximum Gasteiger partial charge on any atom is 0.508 e. The van der Waals surface area contributed by atoms with E-state index in [4.69, 9.17) is 4.74 Å². The summed E-state index contributed by atoms with van der Waals surface area (Å²) in [6, 6.07) is 4.20. The fraction of sp³-hybridized carbons (Fsp3) is 0.333. The fourth-order valence-corrected chi connectivity index (χ4v) is 1.52. The van der Waals surface area contributed by atoms with Gasteiger partial charge >= 0.3 is 6.16 Å². The predicted molar refractivity (Wildman–Crippen MR) is 77.1 cm³/mol. The van der Waals surface area contributed by atoms with Gasteiger partial charge in [-0.25, -0.2) is 4.79 Å². The number of nitro groups is 1. The van der Waals surface area contributed by atoms with Crippen LogP contribution in [0.15, 0.2) is 18.2 Å². The van der Waals surface area contributed by atoms with Gasteiger partial charge in [0.2, 0.25) is 0 Å². The van der Waals surface area contributed by atoms with E-state index in [1.54, 1.807) is 6.92 Å². The van der Waals surface area contributed by atoms with Crippen molar-refractivity contribution in [1.82, 2.24) is 0 Å². The van der Waals surface area contributed by atoms with Gasteiger partial charge in [-0.1, -0.05) is 11.8 Å². The molecule has 0 N–H and O–H groups in total. The molecule has 1 rings (SSSR count). The molecule has 1 aromatic rings. The zero-order valence-corrected chi connectivity index (χ0v) is 12.3. The molecule has 1 aromatic carbocycles. The fourth-order valence-electron chi connectivity index (χ4n) is 1.52. The number of hydrogen-bond acceptors (Lipinski definition) is 6. The van der Waals surface area contributed by atoms with Crippen molar-refractivity contribution in [3.8, 4) is 11.8 Å². The highest BCUT2D eigenvalue weighted by Gasteiger charge is 2.16. The number of carbonyl (C=O) groups excluding carboxylic acids is 2. The van der Waals surface area contributed by atoms with Gasteiger partial charge in [0.15, 0.2) is 0 Å². The van der Waals surface area contributed by atoms with Crippen LogP contribution < -0.4 is 0 Å². The number of rotatable bonds is 5. The highest BCUT2D eigenvalue weighted by Crippen LogP contribution is 2.21. The van der Waals surface area contributed by atoms with Crippen LogP contribution in [0.5, 0.6) is 0 Å². The SMILES string of the molecule is CCOC(=O)OCc1cc(C#CCC(C)=O)ccc1[N+](=O)[O-]. The summed E-state index contributed by atoms with van der Waals surface area (Å²) in [5.41, 5.74) is 0.517. The Kier molecular flexibility index (Phi) is 6.57. The topological polar surface area (TPSA) is 95.7 Å². The number of Topliss-reactive ketones (excluding diaryl/α,β-unsaturated/α-hetero) is 1. The van der Waals surface area contributed by atoms with Gasteiger partial charge in [0, 0.05) is 11.6 Å². The average Bonchev–Trinajstić information content (AvgIpc) is 2.45. The first-order valence-electron chi connectivity index (χ1n) is 6.49. The van der Waals surface area contributed by atoms with Crippen molar-refractivity contribution >= 4 is 17.6 Å². The minimum atomic E-state index is -0.898. The Balaban J connectivity index is 2.94. The number of nitrogens with zero attached hydrogens (tertiary/aromatic N) is 1. The second-order valence-electron chi connectivity index (χ2n) is 4.25. The van der Waals surface area contributed by atoms with Crippen LogP contribution in [0, 0.1) is 22.0 Å². The molecule has 22 heavy (non-hydrogen) atoms. The second kappa shape index (κ2) is 8.42. The van der Waals surface area contributed by atoms with Crippen LogP contribution >= 0.6 is 0 Å². The highest BCUT2D eigenvalue weighted by atomic mass is 16.7. The van der Waals surface area contributed by atoms with E-state index >= 15 is 0 Å². The minimum absolute atomic E-state index is 0.0692. The zero-order valence-electron chi connectivity index (χ0n) is 12.3. The summed E-state index contributed by atoms with van der Waals surface area (Å²) >= 11 is 0. The third kappa shape index (κ3) is 5.63. The van der Waals surface area contributed by atoms with E-state index in [0.717, 1.165) is 0 Å². The standard InChI is InChI=1S/C15H15NO6/c1-3-21-15(18)22-10-13-9-12(6-4-5-11(2)17)7-8-14(13)16(19)20/h7-9H,3,5,10H2,1-2H3. The summed E-state index contributed by atoms with van der Waals surface area (Å²) in [5.74, 6) is 5.32. The van der Waals surface area contributed by atoms with E-state index in [1.807, 2.05) is 0 Å². The van der Waals surface area contributed by atoms with E-state index in [9.17, 15) is 19.7 Å². The molecule has 0 bridgehead atoms. The number of ether oxygens (including phenoxy) is 2. The predicted octanol–water partition coefficient (Wildman–Crippen LogP) is 2.60. The molecule has 0 aliphatic rings. The molecule has 0 aliphatic carbocycles.